The normalized spacial score (nSPS) is 10.9. The van der Waals surface area contributed by atoms with Crippen LogP contribution in [0.4, 0.5) is 5.69 Å². The number of methoxy groups -OCH3 is 1. The number of carbonyl (C=O) groups excluding carboxylic acids is 2. The number of hydrogen-bond acceptors (Lipinski definition) is 6. The molecule has 0 aliphatic heterocycles. The Bertz CT molecular complexity index is 1530. The number of nitriles is 1. The molecule has 0 aromatic heterocycles. The van der Waals surface area contributed by atoms with Crippen LogP contribution in [0.15, 0.2) is 90.5 Å². The van der Waals surface area contributed by atoms with Gasteiger partial charge >= 0.3 is 5.97 Å². The van der Waals surface area contributed by atoms with Crippen molar-refractivity contribution in [1.29, 1.82) is 5.26 Å². The Morgan fingerprint density at radius 2 is 1.71 bits per heavy atom. The molecular formula is C31H26N2O5. The van der Waals surface area contributed by atoms with Crippen LogP contribution in [0.25, 0.3) is 16.8 Å². The molecule has 0 atom stereocenters. The minimum absolute atomic E-state index is 0.0929. The second kappa shape index (κ2) is 12.2. The number of nitrogens with zero attached hydrogens (tertiary/aromatic N) is 1. The molecular weight excluding hydrogens is 480 g/mol. The Hall–Kier alpha value is -5.09. The fourth-order valence-electron chi connectivity index (χ4n) is 3.89. The lowest BCUT2D eigenvalue weighted by atomic mass is 10.1. The van der Waals surface area contributed by atoms with E-state index in [1.165, 1.54) is 6.08 Å². The van der Waals surface area contributed by atoms with Crippen LogP contribution >= 0.6 is 0 Å². The maximum absolute atomic E-state index is 12.8. The van der Waals surface area contributed by atoms with Gasteiger partial charge in [-0.2, -0.15) is 5.26 Å². The van der Waals surface area contributed by atoms with Crippen LogP contribution < -0.4 is 14.8 Å². The highest BCUT2D eigenvalue weighted by Gasteiger charge is 2.13. The number of amides is 1. The number of carbonyl (C=O) groups is 2. The van der Waals surface area contributed by atoms with Gasteiger partial charge < -0.3 is 19.5 Å². The van der Waals surface area contributed by atoms with Crippen molar-refractivity contribution in [3.63, 3.8) is 0 Å². The zero-order chi connectivity index (χ0) is 26.9. The monoisotopic (exact) mass is 506 g/mol. The Morgan fingerprint density at radius 1 is 0.947 bits per heavy atom. The third-order valence-corrected chi connectivity index (χ3v) is 5.78. The lowest BCUT2D eigenvalue weighted by Crippen LogP contribution is -2.13. The first kappa shape index (κ1) is 26.0. The van der Waals surface area contributed by atoms with Gasteiger partial charge in [-0.1, -0.05) is 48.5 Å². The van der Waals surface area contributed by atoms with Crippen LogP contribution in [0, 0.1) is 11.3 Å². The van der Waals surface area contributed by atoms with Crippen molar-refractivity contribution in [1.82, 2.24) is 0 Å². The number of esters is 1. The van der Waals surface area contributed by atoms with Gasteiger partial charge in [0.15, 0.2) is 11.5 Å². The van der Waals surface area contributed by atoms with E-state index < -0.39 is 11.9 Å². The fraction of sp³-hybridized carbons (Fsp3) is 0.129. The molecule has 1 amide bonds. The van der Waals surface area contributed by atoms with Crippen molar-refractivity contribution in [2.75, 3.05) is 19.0 Å². The molecule has 0 saturated carbocycles. The van der Waals surface area contributed by atoms with E-state index >= 15 is 0 Å². The summed E-state index contributed by atoms with van der Waals surface area (Å²) in [6.07, 6.45) is 1.48. The van der Waals surface area contributed by atoms with E-state index in [9.17, 15) is 14.9 Å². The van der Waals surface area contributed by atoms with E-state index in [1.807, 2.05) is 48.5 Å². The summed E-state index contributed by atoms with van der Waals surface area (Å²) >= 11 is 0. The highest BCUT2D eigenvalue weighted by Crippen LogP contribution is 2.31. The van der Waals surface area contributed by atoms with E-state index in [4.69, 9.17) is 14.2 Å². The molecule has 1 N–H and O–H groups in total. The molecule has 0 bridgehead atoms. The first-order valence-electron chi connectivity index (χ1n) is 12.0. The van der Waals surface area contributed by atoms with Gasteiger partial charge in [-0.15, -0.1) is 0 Å². The molecule has 190 valence electrons. The third kappa shape index (κ3) is 6.18. The topological polar surface area (TPSA) is 97.7 Å². The van der Waals surface area contributed by atoms with Crippen molar-refractivity contribution in [2.24, 2.45) is 0 Å². The van der Waals surface area contributed by atoms with E-state index in [0.29, 0.717) is 34.9 Å². The smallest absolute Gasteiger partial charge is 0.338 e. The molecule has 38 heavy (non-hydrogen) atoms. The molecule has 4 aromatic rings. The van der Waals surface area contributed by atoms with Gasteiger partial charge in [0.1, 0.15) is 18.2 Å². The van der Waals surface area contributed by atoms with Crippen LogP contribution in [0.5, 0.6) is 11.5 Å². The van der Waals surface area contributed by atoms with Crippen LogP contribution in [-0.4, -0.2) is 25.6 Å². The quantitative estimate of drug-likeness (QED) is 0.166. The van der Waals surface area contributed by atoms with Crippen LogP contribution in [0.2, 0.25) is 0 Å². The van der Waals surface area contributed by atoms with Gasteiger partial charge in [-0.3, -0.25) is 4.79 Å². The summed E-state index contributed by atoms with van der Waals surface area (Å²) in [4.78, 5) is 24.6. The molecule has 0 heterocycles. The second-order valence-electron chi connectivity index (χ2n) is 8.26. The van der Waals surface area contributed by atoms with E-state index in [0.717, 1.165) is 16.3 Å². The fourth-order valence-corrected chi connectivity index (χ4v) is 3.89. The molecule has 0 aliphatic rings. The predicted molar refractivity (Wildman–Crippen MR) is 146 cm³/mol. The predicted octanol–water partition coefficient (Wildman–Crippen LogP) is 6.15. The maximum atomic E-state index is 12.8. The Kier molecular flexibility index (Phi) is 8.37. The molecule has 7 nitrogen and oxygen atoms in total. The number of benzene rings is 4. The Morgan fingerprint density at radius 3 is 2.45 bits per heavy atom. The number of rotatable bonds is 9. The molecule has 0 unspecified atom stereocenters. The lowest BCUT2D eigenvalue weighted by Gasteiger charge is -2.13. The molecule has 0 spiro atoms. The highest BCUT2D eigenvalue weighted by molar-refractivity contribution is 6.09. The number of nitrogens with one attached hydrogen (secondary N) is 1. The third-order valence-electron chi connectivity index (χ3n) is 5.78. The second-order valence-corrected chi connectivity index (χ2v) is 8.26. The largest absolute Gasteiger partial charge is 0.493 e. The van der Waals surface area contributed by atoms with Gasteiger partial charge in [0.05, 0.1) is 19.3 Å². The minimum atomic E-state index is -0.578. The van der Waals surface area contributed by atoms with Crippen molar-refractivity contribution >= 4 is 34.4 Å². The number of ether oxygens (including phenoxy) is 3. The van der Waals surface area contributed by atoms with Crippen molar-refractivity contribution in [3.8, 4) is 17.6 Å². The van der Waals surface area contributed by atoms with Gasteiger partial charge in [0.2, 0.25) is 0 Å². The van der Waals surface area contributed by atoms with E-state index in [1.54, 1.807) is 56.5 Å². The summed E-state index contributed by atoms with van der Waals surface area (Å²) in [5, 5.41) is 14.5. The minimum Gasteiger partial charge on any atom is -0.493 e. The number of anilines is 1. The molecule has 0 aliphatic carbocycles. The van der Waals surface area contributed by atoms with Crippen molar-refractivity contribution in [3.05, 3.63) is 107 Å². The Balaban J connectivity index is 1.51. The van der Waals surface area contributed by atoms with Gasteiger partial charge in [-0.05, 0) is 71.3 Å². The molecule has 0 saturated heterocycles. The summed E-state index contributed by atoms with van der Waals surface area (Å²) in [5.74, 6) is -0.000126. The molecule has 0 radical (unpaired) electrons. The average molecular weight is 507 g/mol. The zero-order valence-electron chi connectivity index (χ0n) is 21.1. The lowest BCUT2D eigenvalue weighted by molar-refractivity contribution is -0.112. The van der Waals surface area contributed by atoms with Crippen LogP contribution in [0.1, 0.15) is 28.4 Å². The summed E-state index contributed by atoms with van der Waals surface area (Å²) in [7, 11) is 1.55. The first-order valence-corrected chi connectivity index (χ1v) is 12.0. The maximum Gasteiger partial charge on any atom is 0.338 e. The van der Waals surface area contributed by atoms with Gasteiger partial charge in [0.25, 0.3) is 5.91 Å². The van der Waals surface area contributed by atoms with Crippen LogP contribution in [0.3, 0.4) is 0 Å². The standard InChI is InChI=1S/C31H26N2O5/c1-3-37-31(35)23-12-14-26(15-13-23)33-30(34)25(19-32)17-21-11-16-28(36-2)29(18-21)38-20-24-9-6-8-22-7-4-5-10-27(22)24/h4-18H,3,20H2,1-2H3,(H,33,34)/b25-17+. The van der Waals surface area contributed by atoms with Gasteiger partial charge in [0, 0.05) is 5.69 Å². The zero-order valence-corrected chi connectivity index (χ0v) is 21.1. The Labute approximate surface area is 220 Å². The average Bonchev–Trinajstić information content (AvgIpc) is 2.95. The summed E-state index contributed by atoms with van der Waals surface area (Å²) in [5.41, 5.74) is 2.35. The van der Waals surface area contributed by atoms with E-state index in [-0.39, 0.29) is 12.2 Å². The van der Waals surface area contributed by atoms with Crippen molar-refractivity contribution in [2.45, 2.75) is 13.5 Å². The summed E-state index contributed by atoms with van der Waals surface area (Å²) < 4.78 is 16.5. The molecule has 4 rings (SSSR count). The first-order chi connectivity index (χ1) is 18.5. The number of fused-ring (bicyclic) bond motifs is 1. The summed E-state index contributed by atoms with van der Waals surface area (Å²) in [6.45, 7) is 2.32. The van der Waals surface area contributed by atoms with Crippen LogP contribution in [-0.2, 0) is 16.1 Å². The van der Waals surface area contributed by atoms with Gasteiger partial charge in [-0.25, -0.2) is 4.79 Å². The van der Waals surface area contributed by atoms with E-state index in [2.05, 4.69) is 5.32 Å². The van der Waals surface area contributed by atoms with Crippen molar-refractivity contribution < 1.29 is 23.8 Å². The summed E-state index contributed by atoms with van der Waals surface area (Å²) in [6, 6.07) is 27.5. The highest BCUT2D eigenvalue weighted by atomic mass is 16.5. The molecule has 7 heteroatoms. The molecule has 0 fully saturated rings. The SMILES string of the molecule is CCOC(=O)c1ccc(NC(=O)/C(C#N)=C/c2ccc(OC)c(OCc3cccc4ccccc34)c2)cc1. The number of hydrogen-bond donors (Lipinski definition) is 1. The molecule has 4 aromatic carbocycles.